The lowest BCUT2D eigenvalue weighted by atomic mass is 9.80. The number of hydrogen-bond donors (Lipinski definition) is 2. The topological polar surface area (TPSA) is 36.4 Å². The molecule has 2 aliphatic carbocycles. The highest BCUT2D eigenvalue weighted by atomic mass is 15.3. The van der Waals surface area contributed by atoms with Gasteiger partial charge in [0.05, 0.1) is 0 Å². The maximum absolute atomic E-state index is 5.18. The number of nitrogens with one attached hydrogen (secondary N) is 2. The van der Waals surface area contributed by atoms with E-state index in [1.165, 1.54) is 49.7 Å². The average molecular weight is 620 g/mol. The first-order chi connectivity index (χ1) is 23.8. The van der Waals surface area contributed by atoms with Gasteiger partial charge in [0.15, 0.2) is 0 Å². The molecule has 48 heavy (non-hydrogen) atoms. The van der Waals surface area contributed by atoms with Gasteiger partial charge in [0.2, 0.25) is 0 Å². The smallest absolute Gasteiger partial charge is 0.131 e. The Balaban J connectivity index is 1.08. The second-order valence-electron chi connectivity index (χ2n) is 13.0. The van der Waals surface area contributed by atoms with Crippen molar-refractivity contribution in [2.24, 2.45) is 4.99 Å². The molecule has 0 aromatic heterocycles. The second-order valence-corrected chi connectivity index (χ2v) is 13.0. The number of aliphatic imine (C=N–C) groups is 1. The zero-order chi connectivity index (χ0) is 31.9. The molecule has 0 radical (unpaired) electrons. The minimum atomic E-state index is -0.158. The molecule has 2 atom stereocenters. The molecule has 3 aliphatic rings. The highest BCUT2D eigenvalue weighted by molar-refractivity contribution is 6.02. The number of benzene rings is 6. The van der Waals surface area contributed by atoms with E-state index in [-0.39, 0.29) is 12.3 Å². The Morgan fingerprint density at radius 3 is 1.73 bits per heavy atom. The molecule has 0 amide bonds. The molecule has 6 aromatic carbocycles. The predicted octanol–water partition coefficient (Wildman–Crippen LogP) is 10.4. The van der Waals surface area contributed by atoms with Crippen LogP contribution in [0.2, 0.25) is 0 Å². The molecule has 9 rings (SSSR count). The lowest BCUT2D eigenvalue weighted by Crippen LogP contribution is -2.44. The van der Waals surface area contributed by atoms with Gasteiger partial charge in [-0.3, -0.25) is 5.32 Å². The van der Waals surface area contributed by atoms with Crippen molar-refractivity contribution >= 4 is 28.8 Å². The first-order valence-corrected chi connectivity index (χ1v) is 17.1. The van der Waals surface area contributed by atoms with Gasteiger partial charge in [-0.15, -0.1) is 0 Å². The van der Waals surface area contributed by atoms with Crippen molar-refractivity contribution in [2.75, 3.05) is 0 Å². The van der Waals surface area contributed by atoms with Gasteiger partial charge in [0.1, 0.15) is 18.2 Å². The molecule has 0 saturated heterocycles. The minimum Gasteiger partial charge on any atom is -0.350 e. The van der Waals surface area contributed by atoms with Gasteiger partial charge in [-0.05, 0) is 110 Å². The fourth-order valence-corrected chi connectivity index (χ4v) is 7.69. The number of nitrogens with zero attached hydrogens (tertiary/aromatic N) is 1. The molecule has 0 saturated carbocycles. The monoisotopic (exact) mass is 619 g/mol. The number of allylic oxidation sites excluding steroid dienone is 2. The number of fused-ring (bicyclic) bond motifs is 6. The summed E-state index contributed by atoms with van der Waals surface area (Å²) in [7, 11) is 0. The van der Waals surface area contributed by atoms with Gasteiger partial charge < -0.3 is 5.32 Å². The third kappa shape index (κ3) is 5.27. The van der Waals surface area contributed by atoms with Gasteiger partial charge in [-0.25, -0.2) is 4.99 Å². The number of amidine groups is 1. The summed E-state index contributed by atoms with van der Waals surface area (Å²) >= 11 is 0. The van der Waals surface area contributed by atoms with Crippen molar-refractivity contribution in [1.82, 2.24) is 10.6 Å². The second kappa shape index (κ2) is 12.3. The highest BCUT2D eigenvalue weighted by Crippen LogP contribution is 2.40. The Morgan fingerprint density at radius 2 is 1.06 bits per heavy atom. The molecule has 2 N–H and O–H groups in total. The molecular weight excluding hydrogens is 583 g/mol. The molecular formula is C45H37N3. The molecule has 3 heteroatoms. The zero-order valence-electron chi connectivity index (χ0n) is 26.9. The van der Waals surface area contributed by atoms with E-state index in [0.29, 0.717) is 0 Å². The number of rotatable bonds is 5. The van der Waals surface area contributed by atoms with Crippen molar-refractivity contribution in [3.63, 3.8) is 0 Å². The van der Waals surface area contributed by atoms with Gasteiger partial charge in [0.25, 0.3) is 0 Å². The summed E-state index contributed by atoms with van der Waals surface area (Å²) in [5.41, 5.74) is 14.2. The Morgan fingerprint density at radius 1 is 0.500 bits per heavy atom. The van der Waals surface area contributed by atoms with E-state index >= 15 is 0 Å². The third-order valence-electron chi connectivity index (χ3n) is 10.1. The average Bonchev–Trinajstić information content (AvgIpc) is 3.18. The van der Waals surface area contributed by atoms with Crippen LogP contribution in [0.1, 0.15) is 64.1 Å². The fourth-order valence-electron chi connectivity index (χ4n) is 7.69. The van der Waals surface area contributed by atoms with E-state index in [1.54, 1.807) is 11.1 Å². The Bertz CT molecular complexity index is 2240. The molecule has 6 aromatic rings. The molecule has 1 heterocycles. The van der Waals surface area contributed by atoms with Crippen LogP contribution in [0.3, 0.4) is 0 Å². The van der Waals surface area contributed by atoms with E-state index in [2.05, 4.69) is 162 Å². The Hall–Kier alpha value is -5.51. The lowest BCUT2D eigenvalue weighted by molar-refractivity contribution is 0.409. The van der Waals surface area contributed by atoms with Crippen molar-refractivity contribution in [3.8, 4) is 22.3 Å². The summed E-state index contributed by atoms with van der Waals surface area (Å²) in [4.78, 5) is 5.18. The van der Waals surface area contributed by atoms with Gasteiger partial charge >= 0.3 is 0 Å². The predicted molar refractivity (Wildman–Crippen MR) is 201 cm³/mol. The van der Waals surface area contributed by atoms with Gasteiger partial charge in [-0.2, -0.15) is 0 Å². The summed E-state index contributed by atoms with van der Waals surface area (Å²) in [6.07, 6.45) is 13.8. The summed E-state index contributed by atoms with van der Waals surface area (Å²) in [5, 5.41) is 10.1. The van der Waals surface area contributed by atoms with Crippen LogP contribution in [0.25, 0.3) is 45.2 Å². The standard InChI is InChI=1S/C45H37N3/c1-3-13-30(14-4-1)43-46-44(31-15-5-2-6-16-31)48-45(47-43)36-20-12-19-34(28-36)32-17-11-18-33(27-32)35-25-26-41-39-23-8-7-21-37(39)38-22-9-10-24-40(38)42(41)29-35/h1-6,8,10-20,23-29,43-44,46H,7,9,21-22H2,(H,47,48). The molecule has 0 bridgehead atoms. The quantitative estimate of drug-likeness (QED) is 0.201. The minimum absolute atomic E-state index is 0.0644. The van der Waals surface area contributed by atoms with Crippen LogP contribution < -0.4 is 10.6 Å². The van der Waals surface area contributed by atoms with E-state index in [9.17, 15) is 0 Å². The van der Waals surface area contributed by atoms with E-state index in [4.69, 9.17) is 4.99 Å². The van der Waals surface area contributed by atoms with E-state index in [0.717, 1.165) is 42.6 Å². The molecule has 2 unspecified atom stereocenters. The van der Waals surface area contributed by atoms with Crippen molar-refractivity contribution < 1.29 is 0 Å². The van der Waals surface area contributed by atoms with Crippen LogP contribution in [0, 0.1) is 0 Å². The summed E-state index contributed by atoms with van der Waals surface area (Å²) in [6, 6.07) is 45.8. The number of hydrogen-bond acceptors (Lipinski definition) is 3. The van der Waals surface area contributed by atoms with Crippen molar-refractivity contribution in [2.45, 2.75) is 38.0 Å². The first kappa shape index (κ1) is 28.7. The summed E-state index contributed by atoms with van der Waals surface area (Å²) < 4.78 is 0. The normalized spacial score (nSPS) is 18.1. The fraction of sp³-hybridized carbons (Fsp3) is 0.133. The van der Waals surface area contributed by atoms with Crippen LogP contribution in [0.4, 0.5) is 0 Å². The molecule has 232 valence electrons. The zero-order valence-corrected chi connectivity index (χ0v) is 26.9. The van der Waals surface area contributed by atoms with Crippen molar-refractivity contribution in [3.05, 3.63) is 178 Å². The van der Waals surface area contributed by atoms with Crippen LogP contribution in [-0.4, -0.2) is 5.84 Å². The maximum atomic E-state index is 5.18. The highest BCUT2D eigenvalue weighted by Gasteiger charge is 2.25. The summed E-state index contributed by atoms with van der Waals surface area (Å²) in [5.74, 6) is 0.888. The van der Waals surface area contributed by atoms with Gasteiger partial charge in [-0.1, -0.05) is 133 Å². The molecule has 1 aliphatic heterocycles. The first-order valence-electron chi connectivity index (χ1n) is 17.1. The van der Waals surface area contributed by atoms with Crippen LogP contribution in [0.5, 0.6) is 0 Å². The Labute approximate surface area is 282 Å². The van der Waals surface area contributed by atoms with Crippen LogP contribution in [-0.2, 0) is 12.8 Å². The molecule has 0 fully saturated rings. The molecule has 0 spiro atoms. The van der Waals surface area contributed by atoms with Crippen LogP contribution >= 0.6 is 0 Å². The largest absolute Gasteiger partial charge is 0.350 e. The SMILES string of the molecule is C1=Cc2c(c3c(c4cc(-c5cccc(-c6cccc(C7=NC(c8ccccc8)NC(c8ccccc8)N7)c6)c5)ccc24)C=CCC3)CC1. The Kier molecular flexibility index (Phi) is 7.33. The maximum Gasteiger partial charge on any atom is 0.131 e. The third-order valence-corrected chi connectivity index (χ3v) is 10.1. The van der Waals surface area contributed by atoms with Crippen LogP contribution in [0.15, 0.2) is 145 Å². The summed E-state index contributed by atoms with van der Waals surface area (Å²) in [6.45, 7) is 0. The van der Waals surface area contributed by atoms with Crippen molar-refractivity contribution in [1.29, 1.82) is 0 Å². The van der Waals surface area contributed by atoms with E-state index in [1.807, 2.05) is 0 Å². The van der Waals surface area contributed by atoms with Gasteiger partial charge in [0, 0.05) is 5.56 Å². The lowest BCUT2D eigenvalue weighted by Gasteiger charge is -2.32. The molecule has 3 nitrogen and oxygen atoms in total. The van der Waals surface area contributed by atoms with E-state index < -0.39 is 0 Å².